The number of hydrogen-bond acceptors (Lipinski definition) is 4. The molecule has 0 heterocycles. The molecule has 2 aromatic carbocycles. The highest BCUT2D eigenvalue weighted by molar-refractivity contribution is 5.81. The molecule has 25 heavy (non-hydrogen) atoms. The van der Waals surface area contributed by atoms with Gasteiger partial charge in [-0.15, -0.1) is 0 Å². The number of para-hydroxylation sites is 1. The first-order valence-corrected chi connectivity index (χ1v) is 8.33. The lowest BCUT2D eigenvalue weighted by molar-refractivity contribution is -0.128. The first-order valence-electron chi connectivity index (χ1n) is 8.33. The summed E-state index contributed by atoms with van der Waals surface area (Å²) in [5.41, 5.74) is 0.959. The maximum absolute atomic E-state index is 12.5. The van der Waals surface area contributed by atoms with Crippen LogP contribution in [0.15, 0.2) is 48.5 Å². The van der Waals surface area contributed by atoms with Gasteiger partial charge in [0.2, 0.25) is 0 Å². The van der Waals surface area contributed by atoms with E-state index in [4.69, 9.17) is 14.2 Å². The van der Waals surface area contributed by atoms with E-state index >= 15 is 0 Å². The minimum absolute atomic E-state index is 0.130. The molecule has 0 aromatic heterocycles. The molecule has 2 atom stereocenters. The van der Waals surface area contributed by atoms with Gasteiger partial charge in [-0.3, -0.25) is 4.79 Å². The van der Waals surface area contributed by atoms with Gasteiger partial charge in [0.05, 0.1) is 20.3 Å². The minimum Gasteiger partial charge on any atom is -0.493 e. The van der Waals surface area contributed by atoms with Gasteiger partial charge < -0.3 is 19.5 Å². The van der Waals surface area contributed by atoms with E-state index in [0.717, 1.165) is 12.0 Å². The van der Waals surface area contributed by atoms with Crippen LogP contribution in [-0.2, 0) is 4.79 Å². The van der Waals surface area contributed by atoms with Crippen molar-refractivity contribution in [3.63, 3.8) is 0 Å². The second-order valence-electron chi connectivity index (χ2n) is 5.66. The third-order valence-electron chi connectivity index (χ3n) is 3.96. The third-order valence-corrected chi connectivity index (χ3v) is 3.96. The van der Waals surface area contributed by atoms with Crippen molar-refractivity contribution >= 4 is 5.91 Å². The Morgan fingerprint density at radius 3 is 2.32 bits per heavy atom. The van der Waals surface area contributed by atoms with Crippen molar-refractivity contribution in [3.8, 4) is 17.2 Å². The van der Waals surface area contributed by atoms with Gasteiger partial charge in [0, 0.05) is 0 Å². The summed E-state index contributed by atoms with van der Waals surface area (Å²) in [4.78, 5) is 12.5. The lowest BCUT2D eigenvalue weighted by Gasteiger charge is -2.22. The van der Waals surface area contributed by atoms with Gasteiger partial charge >= 0.3 is 0 Å². The summed E-state index contributed by atoms with van der Waals surface area (Å²) in [6.45, 7) is 3.76. The Morgan fingerprint density at radius 2 is 1.72 bits per heavy atom. The number of ether oxygens (including phenoxy) is 3. The average molecular weight is 343 g/mol. The molecular formula is C20H25NO4. The standard InChI is InChI=1S/C20H25NO4/c1-5-17(15-11-12-18(23-3)19(13-15)24-4)21-20(22)14(2)25-16-9-7-6-8-10-16/h6-14,17H,5H2,1-4H3,(H,21,22)/t14-,17-/m1/s1. The molecular weight excluding hydrogens is 318 g/mol. The molecule has 0 aliphatic carbocycles. The summed E-state index contributed by atoms with van der Waals surface area (Å²) in [6.07, 6.45) is 0.163. The lowest BCUT2D eigenvalue weighted by atomic mass is 10.0. The van der Waals surface area contributed by atoms with Crippen molar-refractivity contribution in [3.05, 3.63) is 54.1 Å². The number of methoxy groups -OCH3 is 2. The largest absolute Gasteiger partial charge is 0.493 e. The second-order valence-corrected chi connectivity index (χ2v) is 5.66. The third kappa shape index (κ3) is 4.89. The zero-order chi connectivity index (χ0) is 18.2. The number of benzene rings is 2. The summed E-state index contributed by atoms with van der Waals surface area (Å²) in [5, 5.41) is 3.03. The number of hydrogen-bond donors (Lipinski definition) is 1. The van der Waals surface area contributed by atoms with E-state index in [1.165, 1.54) is 0 Å². The molecule has 0 saturated heterocycles. The highest BCUT2D eigenvalue weighted by Crippen LogP contribution is 2.30. The van der Waals surface area contributed by atoms with Gasteiger partial charge in [-0.2, -0.15) is 0 Å². The van der Waals surface area contributed by atoms with Crippen LogP contribution in [0.25, 0.3) is 0 Å². The number of rotatable bonds is 8. The Hall–Kier alpha value is -2.69. The van der Waals surface area contributed by atoms with E-state index in [1.54, 1.807) is 21.1 Å². The van der Waals surface area contributed by atoms with Crippen molar-refractivity contribution in [1.29, 1.82) is 0 Å². The number of carbonyl (C=O) groups is 1. The molecule has 0 aliphatic heterocycles. The molecule has 2 rings (SSSR count). The Labute approximate surface area is 148 Å². The molecule has 1 N–H and O–H groups in total. The molecule has 0 fully saturated rings. The van der Waals surface area contributed by atoms with Gasteiger partial charge in [0.25, 0.3) is 5.91 Å². The highest BCUT2D eigenvalue weighted by Gasteiger charge is 2.20. The summed E-state index contributed by atoms with van der Waals surface area (Å²) in [5.74, 6) is 1.81. The maximum Gasteiger partial charge on any atom is 0.261 e. The van der Waals surface area contributed by atoms with E-state index < -0.39 is 6.10 Å². The van der Waals surface area contributed by atoms with Crippen molar-refractivity contribution in [1.82, 2.24) is 5.32 Å². The maximum atomic E-state index is 12.5. The minimum atomic E-state index is -0.586. The van der Waals surface area contributed by atoms with Crippen LogP contribution in [0.1, 0.15) is 31.9 Å². The Kier molecular flexibility index (Phi) is 6.69. The van der Waals surface area contributed by atoms with Crippen molar-refractivity contribution in [2.45, 2.75) is 32.4 Å². The van der Waals surface area contributed by atoms with Crippen LogP contribution in [0.4, 0.5) is 0 Å². The topological polar surface area (TPSA) is 56.8 Å². The molecule has 0 saturated carbocycles. The van der Waals surface area contributed by atoms with E-state index in [2.05, 4.69) is 5.32 Å². The van der Waals surface area contributed by atoms with Crippen LogP contribution in [0.2, 0.25) is 0 Å². The van der Waals surface area contributed by atoms with E-state index in [1.807, 2.05) is 55.5 Å². The van der Waals surface area contributed by atoms with Gasteiger partial charge in [0.1, 0.15) is 5.75 Å². The van der Waals surface area contributed by atoms with Crippen LogP contribution < -0.4 is 19.5 Å². The predicted molar refractivity (Wildman–Crippen MR) is 97.3 cm³/mol. The quantitative estimate of drug-likeness (QED) is 0.793. The summed E-state index contributed by atoms with van der Waals surface area (Å²) in [7, 11) is 3.19. The molecule has 134 valence electrons. The van der Waals surface area contributed by atoms with Crippen LogP contribution >= 0.6 is 0 Å². The van der Waals surface area contributed by atoms with E-state index in [9.17, 15) is 4.79 Å². The fourth-order valence-corrected chi connectivity index (χ4v) is 2.54. The zero-order valence-electron chi connectivity index (χ0n) is 15.1. The molecule has 0 aliphatic rings. The molecule has 0 bridgehead atoms. The second kappa shape index (κ2) is 8.97. The van der Waals surface area contributed by atoms with Gasteiger partial charge in [-0.05, 0) is 43.2 Å². The molecule has 0 spiro atoms. The summed E-state index contributed by atoms with van der Waals surface area (Å²) >= 11 is 0. The molecule has 1 amide bonds. The molecule has 0 radical (unpaired) electrons. The van der Waals surface area contributed by atoms with E-state index in [-0.39, 0.29) is 11.9 Å². The number of carbonyl (C=O) groups excluding carboxylic acids is 1. The van der Waals surface area contributed by atoms with E-state index in [0.29, 0.717) is 17.2 Å². The molecule has 0 unspecified atom stereocenters. The van der Waals surface area contributed by atoms with Gasteiger partial charge in [0.15, 0.2) is 17.6 Å². The summed E-state index contributed by atoms with van der Waals surface area (Å²) < 4.78 is 16.3. The number of amides is 1. The highest BCUT2D eigenvalue weighted by atomic mass is 16.5. The lowest BCUT2D eigenvalue weighted by Crippen LogP contribution is -2.38. The SMILES string of the molecule is CC[C@@H](NC(=O)[C@@H](C)Oc1ccccc1)c1ccc(OC)c(OC)c1. The normalized spacial score (nSPS) is 12.8. The predicted octanol–water partition coefficient (Wildman–Crippen LogP) is 3.74. The fourth-order valence-electron chi connectivity index (χ4n) is 2.54. The van der Waals surface area contributed by atoms with Crippen molar-refractivity contribution in [2.24, 2.45) is 0 Å². The Morgan fingerprint density at radius 1 is 1.04 bits per heavy atom. The average Bonchev–Trinajstić information content (AvgIpc) is 2.66. The van der Waals surface area contributed by atoms with Crippen molar-refractivity contribution < 1.29 is 19.0 Å². The first-order chi connectivity index (χ1) is 12.1. The van der Waals surface area contributed by atoms with Crippen molar-refractivity contribution in [2.75, 3.05) is 14.2 Å². The Bertz CT molecular complexity index is 687. The zero-order valence-corrected chi connectivity index (χ0v) is 15.1. The Balaban J connectivity index is 2.06. The molecule has 5 heteroatoms. The number of nitrogens with one attached hydrogen (secondary N) is 1. The smallest absolute Gasteiger partial charge is 0.261 e. The molecule has 5 nitrogen and oxygen atoms in total. The fraction of sp³-hybridized carbons (Fsp3) is 0.350. The van der Waals surface area contributed by atoms with Crippen LogP contribution in [0, 0.1) is 0 Å². The first kappa shape index (κ1) is 18.6. The van der Waals surface area contributed by atoms with Crippen LogP contribution in [0.5, 0.6) is 17.2 Å². The van der Waals surface area contributed by atoms with Gasteiger partial charge in [-0.25, -0.2) is 0 Å². The summed E-state index contributed by atoms with van der Waals surface area (Å²) in [6, 6.07) is 14.8. The monoisotopic (exact) mass is 343 g/mol. The van der Waals surface area contributed by atoms with Crippen LogP contribution in [-0.4, -0.2) is 26.2 Å². The molecule has 2 aromatic rings. The van der Waals surface area contributed by atoms with Gasteiger partial charge in [-0.1, -0.05) is 31.2 Å². The van der Waals surface area contributed by atoms with Crippen LogP contribution in [0.3, 0.4) is 0 Å².